The average Bonchev–Trinajstić information content (AvgIpc) is 2.39. The summed E-state index contributed by atoms with van der Waals surface area (Å²) >= 11 is 0. The first kappa shape index (κ1) is 13.2. The number of unbranched alkanes of at least 4 members (excludes halogenated alkanes) is 1. The molecule has 1 heterocycles. The minimum atomic E-state index is 0.774. The molecule has 3 heteroatoms. The van der Waals surface area contributed by atoms with Gasteiger partial charge in [0.05, 0.1) is 7.11 Å². The number of benzene rings is 1. The Balaban J connectivity index is 2.26. The average molecular weight is 248 g/mol. The fraction of sp³-hybridized carbons (Fsp3) is 0.600. The molecule has 0 bridgehead atoms. The fourth-order valence-corrected chi connectivity index (χ4v) is 2.79. The summed E-state index contributed by atoms with van der Waals surface area (Å²) in [7, 11) is 3.95. The van der Waals surface area contributed by atoms with Gasteiger partial charge >= 0.3 is 0 Å². The monoisotopic (exact) mass is 248 g/mol. The Morgan fingerprint density at radius 1 is 1.33 bits per heavy atom. The molecule has 0 saturated heterocycles. The third kappa shape index (κ3) is 2.61. The lowest BCUT2D eigenvalue weighted by atomic mass is 9.96. The topological polar surface area (TPSA) is 38.5 Å². The third-order valence-electron chi connectivity index (χ3n) is 3.75. The molecule has 2 N–H and O–H groups in total. The molecule has 2 rings (SSSR count). The molecule has 0 saturated carbocycles. The van der Waals surface area contributed by atoms with Crippen LogP contribution in [0.3, 0.4) is 0 Å². The second kappa shape index (κ2) is 6.10. The lowest BCUT2D eigenvalue weighted by Crippen LogP contribution is -2.25. The summed E-state index contributed by atoms with van der Waals surface area (Å²) < 4.78 is 5.66. The first-order chi connectivity index (χ1) is 8.77. The van der Waals surface area contributed by atoms with Gasteiger partial charge in [0.2, 0.25) is 0 Å². The number of ether oxygens (including phenoxy) is 1. The molecule has 1 aliphatic heterocycles. The molecule has 3 nitrogen and oxygen atoms in total. The van der Waals surface area contributed by atoms with E-state index in [1.165, 1.54) is 23.2 Å². The Hall–Kier alpha value is -1.22. The van der Waals surface area contributed by atoms with Gasteiger partial charge in [-0.1, -0.05) is 6.07 Å². The zero-order chi connectivity index (χ0) is 13.0. The van der Waals surface area contributed by atoms with E-state index in [4.69, 9.17) is 10.5 Å². The molecule has 0 aliphatic carbocycles. The van der Waals surface area contributed by atoms with Crippen LogP contribution in [0.2, 0.25) is 0 Å². The van der Waals surface area contributed by atoms with Crippen molar-refractivity contribution in [2.24, 2.45) is 5.73 Å². The predicted octanol–water partition coefficient (Wildman–Crippen LogP) is 2.36. The van der Waals surface area contributed by atoms with Crippen LogP contribution in [0.5, 0.6) is 5.75 Å². The van der Waals surface area contributed by atoms with Crippen molar-refractivity contribution in [3.05, 3.63) is 23.3 Å². The molecule has 1 aromatic rings. The Kier molecular flexibility index (Phi) is 4.48. The second-order valence-electron chi connectivity index (χ2n) is 5.03. The Bertz CT molecular complexity index is 404. The highest BCUT2D eigenvalue weighted by Gasteiger charge is 2.19. The van der Waals surface area contributed by atoms with E-state index in [1.807, 2.05) is 0 Å². The van der Waals surface area contributed by atoms with Crippen LogP contribution in [-0.4, -0.2) is 27.2 Å². The number of methoxy groups -OCH3 is 1. The van der Waals surface area contributed by atoms with Crippen molar-refractivity contribution in [3.8, 4) is 5.75 Å². The molecule has 0 atom stereocenters. The molecule has 1 aliphatic rings. The Morgan fingerprint density at radius 2 is 2.17 bits per heavy atom. The van der Waals surface area contributed by atoms with Crippen LogP contribution in [0, 0.1) is 0 Å². The van der Waals surface area contributed by atoms with E-state index in [9.17, 15) is 0 Å². The molecule has 18 heavy (non-hydrogen) atoms. The van der Waals surface area contributed by atoms with Crippen LogP contribution < -0.4 is 15.4 Å². The van der Waals surface area contributed by atoms with E-state index in [-0.39, 0.29) is 0 Å². The molecule has 0 amide bonds. The second-order valence-corrected chi connectivity index (χ2v) is 5.03. The van der Waals surface area contributed by atoms with Crippen LogP contribution in [0.4, 0.5) is 5.69 Å². The van der Waals surface area contributed by atoms with Crippen molar-refractivity contribution in [1.29, 1.82) is 0 Å². The number of nitrogens with zero attached hydrogens (tertiary/aromatic N) is 1. The molecule has 0 unspecified atom stereocenters. The summed E-state index contributed by atoms with van der Waals surface area (Å²) in [4.78, 5) is 2.32. The van der Waals surface area contributed by atoms with Crippen molar-refractivity contribution < 1.29 is 4.74 Å². The van der Waals surface area contributed by atoms with Gasteiger partial charge in [-0.05, 0) is 50.3 Å². The maximum Gasteiger partial charge on any atom is 0.127 e. The molecule has 1 aromatic carbocycles. The maximum absolute atomic E-state index is 5.66. The zero-order valence-electron chi connectivity index (χ0n) is 11.5. The van der Waals surface area contributed by atoms with Crippen molar-refractivity contribution in [3.63, 3.8) is 0 Å². The summed E-state index contributed by atoms with van der Waals surface area (Å²) in [5.74, 6) is 1.11. The van der Waals surface area contributed by atoms with E-state index >= 15 is 0 Å². The summed E-state index contributed by atoms with van der Waals surface area (Å²) in [6, 6.07) is 4.46. The number of hydrogen-bond donors (Lipinski definition) is 1. The maximum atomic E-state index is 5.66. The molecule has 0 fully saturated rings. The van der Waals surface area contributed by atoms with Gasteiger partial charge in [-0.2, -0.15) is 0 Å². The van der Waals surface area contributed by atoms with Crippen molar-refractivity contribution >= 4 is 5.69 Å². The number of fused-ring (bicyclic) bond motifs is 1. The van der Waals surface area contributed by atoms with E-state index in [0.717, 1.165) is 44.5 Å². The van der Waals surface area contributed by atoms with Gasteiger partial charge in [-0.3, -0.25) is 0 Å². The minimum Gasteiger partial charge on any atom is -0.496 e. The van der Waals surface area contributed by atoms with E-state index in [1.54, 1.807) is 7.11 Å². The summed E-state index contributed by atoms with van der Waals surface area (Å²) in [5.41, 5.74) is 9.61. The van der Waals surface area contributed by atoms with Gasteiger partial charge in [0.1, 0.15) is 5.75 Å². The lowest BCUT2D eigenvalue weighted by molar-refractivity contribution is 0.402. The molecule has 0 radical (unpaired) electrons. The van der Waals surface area contributed by atoms with Gasteiger partial charge in [0.25, 0.3) is 0 Å². The van der Waals surface area contributed by atoms with Crippen molar-refractivity contribution in [2.45, 2.75) is 32.1 Å². The number of anilines is 1. The van der Waals surface area contributed by atoms with Gasteiger partial charge in [-0.25, -0.2) is 0 Å². The molecule has 100 valence electrons. The Labute approximate surface area is 110 Å². The highest BCUT2D eigenvalue weighted by molar-refractivity contribution is 5.63. The standard InChI is InChI=1S/C15H24N2O/c1-17-11-5-7-13-14(17)9-8-12(15(13)18-2)6-3-4-10-16/h8-9H,3-7,10-11,16H2,1-2H3. The van der Waals surface area contributed by atoms with Crippen LogP contribution in [0.1, 0.15) is 30.4 Å². The smallest absolute Gasteiger partial charge is 0.127 e. The molecule has 0 spiro atoms. The molecule has 0 aromatic heterocycles. The number of hydrogen-bond acceptors (Lipinski definition) is 3. The minimum absolute atomic E-state index is 0.774. The van der Waals surface area contributed by atoms with Gasteiger partial charge in [0.15, 0.2) is 0 Å². The van der Waals surface area contributed by atoms with Gasteiger partial charge in [-0.15, -0.1) is 0 Å². The highest BCUT2D eigenvalue weighted by atomic mass is 16.5. The number of aryl methyl sites for hydroxylation is 1. The first-order valence-electron chi connectivity index (χ1n) is 6.88. The van der Waals surface area contributed by atoms with Crippen LogP contribution in [0.25, 0.3) is 0 Å². The van der Waals surface area contributed by atoms with Crippen LogP contribution in [0.15, 0.2) is 12.1 Å². The normalized spacial score (nSPS) is 14.5. The van der Waals surface area contributed by atoms with E-state index in [0.29, 0.717) is 0 Å². The van der Waals surface area contributed by atoms with Crippen LogP contribution in [-0.2, 0) is 12.8 Å². The predicted molar refractivity (Wildman–Crippen MR) is 76.6 cm³/mol. The summed E-state index contributed by atoms with van der Waals surface area (Å²) in [6.07, 6.45) is 5.64. The van der Waals surface area contributed by atoms with E-state index < -0.39 is 0 Å². The van der Waals surface area contributed by atoms with Gasteiger partial charge in [0, 0.05) is 24.8 Å². The number of rotatable bonds is 5. The van der Waals surface area contributed by atoms with Crippen LogP contribution >= 0.6 is 0 Å². The molecular weight excluding hydrogens is 224 g/mol. The number of nitrogens with two attached hydrogens (primary N) is 1. The van der Waals surface area contributed by atoms with Crippen molar-refractivity contribution in [1.82, 2.24) is 0 Å². The SMILES string of the molecule is COc1c(CCCCN)ccc2c1CCCN2C. The Morgan fingerprint density at radius 3 is 2.89 bits per heavy atom. The quantitative estimate of drug-likeness (QED) is 0.813. The lowest BCUT2D eigenvalue weighted by Gasteiger charge is -2.29. The first-order valence-corrected chi connectivity index (χ1v) is 6.88. The third-order valence-corrected chi connectivity index (χ3v) is 3.75. The highest BCUT2D eigenvalue weighted by Crippen LogP contribution is 2.36. The summed E-state index contributed by atoms with van der Waals surface area (Å²) in [6.45, 7) is 1.92. The van der Waals surface area contributed by atoms with Gasteiger partial charge < -0.3 is 15.4 Å². The fourth-order valence-electron chi connectivity index (χ4n) is 2.79. The largest absolute Gasteiger partial charge is 0.496 e. The zero-order valence-corrected chi connectivity index (χ0v) is 11.5. The van der Waals surface area contributed by atoms with E-state index in [2.05, 4.69) is 24.1 Å². The summed E-state index contributed by atoms with van der Waals surface area (Å²) in [5, 5.41) is 0. The molecular formula is C15H24N2O. The van der Waals surface area contributed by atoms with Crippen molar-refractivity contribution in [2.75, 3.05) is 32.1 Å².